The number of aryl methyl sites for hydroxylation is 1. The molecule has 0 aliphatic carbocycles. The molecular weight excluding hydrogens is 260 g/mol. The zero-order valence-electron chi connectivity index (χ0n) is 10.5. The van der Waals surface area contributed by atoms with Crippen molar-refractivity contribution in [1.82, 2.24) is 20.4 Å². The van der Waals surface area contributed by atoms with Crippen LogP contribution in [0.3, 0.4) is 0 Å². The van der Waals surface area contributed by atoms with Gasteiger partial charge in [0.2, 0.25) is 0 Å². The molecule has 19 heavy (non-hydrogen) atoms. The van der Waals surface area contributed by atoms with Crippen molar-refractivity contribution in [2.24, 2.45) is 0 Å². The van der Waals surface area contributed by atoms with Crippen molar-refractivity contribution in [1.29, 1.82) is 0 Å². The smallest absolute Gasteiger partial charge is 0.315 e. The van der Waals surface area contributed by atoms with E-state index >= 15 is 0 Å². The van der Waals surface area contributed by atoms with E-state index in [4.69, 9.17) is 0 Å². The number of hydrogen-bond donors (Lipinski definition) is 2. The van der Waals surface area contributed by atoms with E-state index in [1.807, 2.05) is 34.5 Å². The molecule has 2 aromatic heterocycles. The molecule has 0 saturated heterocycles. The van der Waals surface area contributed by atoms with Gasteiger partial charge in [0.1, 0.15) is 0 Å². The first kappa shape index (κ1) is 12.2. The van der Waals surface area contributed by atoms with E-state index in [2.05, 4.69) is 15.7 Å². The number of thiophene rings is 1. The first-order valence-electron chi connectivity index (χ1n) is 6.39. The van der Waals surface area contributed by atoms with Gasteiger partial charge in [-0.1, -0.05) is 6.07 Å². The molecule has 0 bridgehead atoms. The molecule has 1 aliphatic heterocycles. The van der Waals surface area contributed by atoms with Gasteiger partial charge >= 0.3 is 6.03 Å². The minimum Gasteiger partial charge on any atom is -0.335 e. The number of amides is 2. The molecule has 2 aromatic rings. The maximum Gasteiger partial charge on any atom is 0.315 e. The van der Waals surface area contributed by atoms with Crippen molar-refractivity contribution in [2.75, 3.05) is 0 Å². The molecule has 2 amide bonds. The molecule has 0 fully saturated rings. The van der Waals surface area contributed by atoms with Gasteiger partial charge < -0.3 is 10.6 Å². The van der Waals surface area contributed by atoms with Gasteiger partial charge in [0.25, 0.3) is 0 Å². The van der Waals surface area contributed by atoms with E-state index in [1.165, 1.54) is 5.69 Å². The maximum absolute atomic E-state index is 11.8. The van der Waals surface area contributed by atoms with Crippen LogP contribution < -0.4 is 10.6 Å². The number of hydrogen-bond acceptors (Lipinski definition) is 3. The normalized spacial score (nSPS) is 17.8. The number of carbonyl (C=O) groups is 1. The molecule has 0 saturated carbocycles. The Morgan fingerprint density at radius 3 is 3.32 bits per heavy atom. The molecular formula is C13H16N4OS. The third-order valence-electron chi connectivity index (χ3n) is 3.29. The minimum atomic E-state index is -0.0913. The summed E-state index contributed by atoms with van der Waals surface area (Å²) in [6.07, 6.45) is 3.60. The Labute approximate surface area is 115 Å². The molecule has 5 nitrogen and oxygen atoms in total. The number of carbonyl (C=O) groups excluding carboxylic acids is 1. The Bertz CT molecular complexity index is 549. The summed E-state index contributed by atoms with van der Waals surface area (Å²) < 4.78 is 2.00. The number of nitrogens with zero attached hydrogens (tertiary/aromatic N) is 2. The van der Waals surface area contributed by atoms with E-state index < -0.39 is 0 Å². The number of nitrogens with one attached hydrogen (secondary N) is 2. The van der Waals surface area contributed by atoms with Crippen LogP contribution in [0.15, 0.2) is 29.8 Å². The average Bonchev–Trinajstić information content (AvgIpc) is 3.07. The number of aromatic nitrogens is 2. The van der Waals surface area contributed by atoms with Crippen LogP contribution in [-0.4, -0.2) is 21.9 Å². The van der Waals surface area contributed by atoms with Gasteiger partial charge in [0.05, 0.1) is 6.54 Å². The van der Waals surface area contributed by atoms with E-state index in [0.29, 0.717) is 6.54 Å². The van der Waals surface area contributed by atoms with Crippen molar-refractivity contribution in [3.63, 3.8) is 0 Å². The number of fused-ring (bicyclic) bond motifs is 1. The van der Waals surface area contributed by atoms with Crippen LogP contribution in [0.4, 0.5) is 4.79 Å². The van der Waals surface area contributed by atoms with Gasteiger partial charge in [0, 0.05) is 35.8 Å². The van der Waals surface area contributed by atoms with E-state index in [-0.39, 0.29) is 12.1 Å². The van der Waals surface area contributed by atoms with Crippen LogP contribution in [-0.2, 0) is 19.5 Å². The Kier molecular flexibility index (Phi) is 3.50. The fraction of sp³-hybridized carbons (Fsp3) is 0.385. The maximum atomic E-state index is 11.8. The molecule has 2 N–H and O–H groups in total. The summed E-state index contributed by atoms with van der Waals surface area (Å²) in [6, 6.07) is 6.13. The number of urea groups is 1. The van der Waals surface area contributed by atoms with Gasteiger partial charge in [-0.25, -0.2) is 4.79 Å². The lowest BCUT2D eigenvalue weighted by Gasteiger charge is -2.24. The topological polar surface area (TPSA) is 59.0 Å². The van der Waals surface area contributed by atoms with Crippen molar-refractivity contribution in [2.45, 2.75) is 32.0 Å². The Balaban J connectivity index is 1.48. The van der Waals surface area contributed by atoms with Gasteiger partial charge in [-0.2, -0.15) is 5.10 Å². The second kappa shape index (κ2) is 5.44. The Morgan fingerprint density at radius 1 is 1.53 bits per heavy atom. The summed E-state index contributed by atoms with van der Waals surface area (Å²) in [5.41, 5.74) is 1.19. The van der Waals surface area contributed by atoms with Crippen molar-refractivity contribution in [3.8, 4) is 0 Å². The third-order valence-corrected chi connectivity index (χ3v) is 4.16. The quantitative estimate of drug-likeness (QED) is 0.897. The van der Waals surface area contributed by atoms with Crippen LogP contribution in [0.2, 0.25) is 0 Å². The first-order chi connectivity index (χ1) is 9.31. The molecule has 6 heteroatoms. The van der Waals surface area contributed by atoms with Crippen LogP contribution in [0, 0.1) is 0 Å². The van der Waals surface area contributed by atoms with Gasteiger partial charge in [-0.15, -0.1) is 11.3 Å². The zero-order valence-corrected chi connectivity index (χ0v) is 11.3. The summed E-state index contributed by atoms with van der Waals surface area (Å²) in [5.74, 6) is 0. The standard InChI is InChI=1S/C13H16N4OS/c18-13(14-9-12-2-1-7-19-12)16-10-4-6-17-11(8-10)3-5-15-17/h1-3,5,7,10H,4,6,8-9H2,(H2,14,16,18)/t10-/m0/s1. The molecule has 0 aromatic carbocycles. The predicted octanol–water partition coefficient (Wildman–Crippen LogP) is 1.76. The van der Waals surface area contributed by atoms with Crippen LogP contribution in [0.25, 0.3) is 0 Å². The molecule has 1 atom stereocenters. The van der Waals surface area contributed by atoms with Crippen LogP contribution in [0.1, 0.15) is 17.0 Å². The molecule has 0 unspecified atom stereocenters. The summed E-state index contributed by atoms with van der Waals surface area (Å²) in [4.78, 5) is 13.0. The second-order valence-corrected chi connectivity index (χ2v) is 5.67. The number of rotatable bonds is 3. The predicted molar refractivity (Wildman–Crippen MR) is 74.0 cm³/mol. The lowest BCUT2D eigenvalue weighted by atomic mass is 10.0. The monoisotopic (exact) mass is 276 g/mol. The Hall–Kier alpha value is -1.82. The highest BCUT2D eigenvalue weighted by Crippen LogP contribution is 2.13. The van der Waals surface area contributed by atoms with E-state index in [1.54, 1.807) is 11.3 Å². The Morgan fingerprint density at radius 2 is 2.47 bits per heavy atom. The van der Waals surface area contributed by atoms with E-state index in [9.17, 15) is 4.79 Å². The molecule has 0 radical (unpaired) electrons. The largest absolute Gasteiger partial charge is 0.335 e. The molecule has 1 aliphatic rings. The van der Waals surface area contributed by atoms with Gasteiger partial charge in [-0.05, 0) is 23.9 Å². The summed E-state index contributed by atoms with van der Waals surface area (Å²) in [6.45, 7) is 1.46. The van der Waals surface area contributed by atoms with Gasteiger partial charge in [0.15, 0.2) is 0 Å². The fourth-order valence-corrected chi connectivity index (χ4v) is 2.95. The minimum absolute atomic E-state index is 0.0913. The first-order valence-corrected chi connectivity index (χ1v) is 7.26. The van der Waals surface area contributed by atoms with Crippen molar-refractivity contribution >= 4 is 17.4 Å². The summed E-state index contributed by atoms with van der Waals surface area (Å²) in [5, 5.41) is 12.2. The average molecular weight is 276 g/mol. The fourth-order valence-electron chi connectivity index (χ4n) is 2.31. The molecule has 100 valence electrons. The summed E-state index contributed by atoms with van der Waals surface area (Å²) >= 11 is 1.65. The highest BCUT2D eigenvalue weighted by atomic mass is 32.1. The molecule has 3 heterocycles. The lowest BCUT2D eigenvalue weighted by molar-refractivity contribution is 0.233. The highest BCUT2D eigenvalue weighted by molar-refractivity contribution is 7.09. The molecule has 3 rings (SSSR count). The highest BCUT2D eigenvalue weighted by Gasteiger charge is 2.20. The van der Waals surface area contributed by atoms with Crippen molar-refractivity contribution < 1.29 is 4.79 Å². The van der Waals surface area contributed by atoms with Crippen molar-refractivity contribution in [3.05, 3.63) is 40.3 Å². The van der Waals surface area contributed by atoms with Gasteiger partial charge in [-0.3, -0.25) is 4.68 Å². The molecule has 0 spiro atoms. The lowest BCUT2D eigenvalue weighted by Crippen LogP contribution is -2.45. The second-order valence-electron chi connectivity index (χ2n) is 4.64. The zero-order chi connectivity index (χ0) is 13.1. The van der Waals surface area contributed by atoms with Crippen LogP contribution >= 0.6 is 11.3 Å². The SMILES string of the molecule is O=C(NCc1cccs1)N[C@H]1CCn2nccc2C1. The summed E-state index contributed by atoms with van der Waals surface area (Å²) in [7, 11) is 0. The third kappa shape index (κ3) is 2.96. The van der Waals surface area contributed by atoms with Crippen LogP contribution in [0.5, 0.6) is 0 Å². The van der Waals surface area contributed by atoms with E-state index in [0.717, 1.165) is 24.3 Å².